The maximum Gasteiger partial charge on any atom is 0.255 e. The van der Waals surface area contributed by atoms with Gasteiger partial charge in [0.15, 0.2) is 0 Å². The van der Waals surface area contributed by atoms with Crippen LogP contribution in [0.25, 0.3) is 0 Å². The van der Waals surface area contributed by atoms with Gasteiger partial charge in [-0.05, 0) is 66.4 Å². The fourth-order valence-corrected chi connectivity index (χ4v) is 4.93. The van der Waals surface area contributed by atoms with Crippen LogP contribution in [0.15, 0.2) is 83.4 Å². The Balaban J connectivity index is 1.46. The maximum atomic E-state index is 12.5. The van der Waals surface area contributed by atoms with Crippen molar-refractivity contribution in [1.82, 2.24) is 0 Å². The predicted molar refractivity (Wildman–Crippen MR) is 123 cm³/mol. The van der Waals surface area contributed by atoms with Crippen LogP contribution in [0.4, 0.5) is 11.4 Å². The van der Waals surface area contributed by atoms with Crippen LogP contribution in [-0.4, -0.2) is 11.0 Å². The van der Waals surface area contributed by atoms with Crippen LogP contribution < -0.4 is 10.6 Å². The van der Waals surface area contributed by atoms with E-state index in [1.54, 1.807) is 18.2 Å². The van der Waals surface area contributed by atoms with Gasteiger partial charge >= 0.3 is 0 Å². The summed E-state index contributed by atoms with van der Waals surface area (Å²) in [5, 5.41) is 17.1. The van der Waals surface area contributed by atoms with Crippen LogP contribution in [0, 0.1) is 5.92 Å². The molecule has 2 aliphatic rings. The molecule has 0 saturated heterocycles. The highest BCUT2D eigenvalue weighted by molar-refractivity contribution is 9.10. The van der Waals surface area contributed by atoms with Gasteiger partial charge in [0.25, 0.3) is 5.91 Å². The van der Waals surface area contributed by atoms with Crippen molar-refractivity contribution in [2.45, 2.75) is 18.4 Å². The van der Waals surface area contributed by atoms with Crippen molar-refractivity contribution in [3.8, 4) is 5.75 Å². The zero-order valence-corrected chi connectivity index (χ0v) is 17.8. The van der Waals surface area contributed by atoms with E-state index in [4.69, 9.17) is 0 Å². The van der Waals surface area contributed by atoms with Gasteiger partial charge in [0.05, 0.1) is 6.04 Å². The molecule has 1 aliphatic heterocycles. The first kappa shape index (κ1) is 18.9. The number of halogens is 1. The molecule has 150 valence electrons. The van der Waals surface area contributed by atoms with Crippen molar-refractivity contribution < 1.29 is 9.90 Å². The third kappa shape index (κ3) is 3.39. The second-order valence-electron chi connectivity index (χ2n) is 7.80. The molecule has 3 aromatic carbocycles. The Morgan fingerprint density at radius 2 is 1.87 bits per heavy atom. The van der Waals surface area contributed by atoms with Crippen LogP contribution in [0.5, 0.6) is 5.75 Å². The number of amides is 1. The van der Waals surface area contributed by atoms with E-state index in [0.717, 1.165) is 27.8 Å². The summed E-state index contributed by atoms with van der Waals surface area (Å²) in [4.78, 5) is 12.5. The Hall–Kier alpha value is -3.05. The highest BCUT2D eigenvalue weighted by Gasteiger charge is 2.39. The number of hydrogen-bond acceptors (Lipinski definition) is 3. The average Bonchev–Trinajstić information content (AvgIpc) is 3.26. The van der Waals surface area contributed by atoms with Crippen LogP contribution in [0.1, 0.15) is 39.9 Å². The number of allylic oxidation sites excluding steroid dienone is 2. The van der Waals surface area contributed by atoms with Gasteiger partial charge in [0.2, 0.25) is 0 Å². The second kappa shape index (κ2) is 7.65. The molecular weight excluding hydrogens is 440 g/mol. The predicted octanol–water partition coefficient (Wildman–Crippen LogP) is 6.23. The summed E-state index contributed by atoms with van der Waals surface area (Å²) in [6.07, 6.45) is 5.40. The van der Waals surface area contributed by atoms with Crippen molar-refractivity contribution >= 4 is 33.2 Å². The Morgan fingerprint density at radius 1 is 1.03 bits per heavy atom. The molecule has 0 fully saturated rings. The van der Waals surface area contributed by atoms with Crippen molar-refractivity contribution in [2.75, 3.05) is 10.6 Å². The Kier molecular flexibility index (Phi) is 4.83. The van der Waals surface area contributed by atoms with Crippen LogP contribution in [-0.2, 0) is 0 Å². The lowest BCUT2D eigenvalue weighted by Crippen LogP contribution is -2.29. The van der Waals surface area contributed by atoms with E-state index in [1.165, 1.54) is 5.56 Å². The number of phenols is 1. The standard InChI is InChI=1S/C25H21BrN2O2/c26-16-9-12-23(29)21(13-16)24-19-8-4-7-18(19)20-14-17(10-11-22(20)28-24)27-25(30)15-5-2-1-3-6-15/h1-7,9-14,18-19,24,28-29H,8H2,(H,27,30). The first-order valence-corrected chi connectivity index (χ1v) is 10.8. The van der Waals surface area contributed by atoms with E-state index in [1.807, 2.05) is 42.5 Å². The molecule has 1 aliphatic carbocycles. The van der Waals surface area contributed by atoms with E-state index in [9.17, 15) is 9.90 Å². The molecule has 30 heavy (non-hydrogen) atoms. The molecule has 3 N–H and O–H groups in total. The van der Waals surface area contributed by atoms with E-state index in [0.29, 0.717) is 17.2 Å². The first-order valence-electron chi connectivity index (χ1n) is 10.0. The fraction of sp³-hybridized carbons (Fsp3) is 0.160. The van der Waals surface area contributed by atoms with Gasteiger partial charge in [0.1, 0.15) is 5.75 Å². The number of hydrogen-bond donors (Lipinski definition) is 3. The number of rotatable bonds is 3. The molecule has 5 heteroatoms. The Bertz CT molecular complexity index is 1140. The van der Waals surface area contributed by atoms with Gasteiger partial charge in [-0.25, -0.2) is 0 Å². The van der Waals surface area contributed by atoms with Gasteiger partial charge < -0.3 is 15.7 Å². The summed E-state index contributed by atoms with van der Waals surface area (Å²) in [7, 11) is 0. The monoisotopic (exact) mass is 460 g/mol. The van der Waals surface area contributed by atoms with E-state index < -0.39 is 0 Å². The number of benzene rings is 3. The Labute approximate surface area is 183 Å². The van der Waals surface area contributed by atoms with Gasteiger partial charge in [-0.2, -0.15) is 0 Å². The van der Waals surface area contributed by atoms with Crippen molar-refractivity contribution in [3.63, 3.8) is 0 Å². The second-order valence-corrected chi connectivity index (χ2v) is 8.72. The topological polar surface area (TPSA) is 61.4 Å². The fourth-order valence-electron chi connectivity index (χ4n) is 4.55. The average molecular weight is 461 g/mol. The molecule has 0 bridgehead atoms. The number of carbonyl (C=O) groups is 1. The molecule has 3 unspecified atom stereocenters. The van der Waals surface area contributed by atoms with Crippen LogP contribution in [0.2, 0.25) is 0 Å². The molecule has 4 nitrogen and oxygen atoms in total. The molecule has 5 rings (SSSR count). The minimum atomic E-state index is -0.116. The van der Waals surface area contributed by atoms with Gasteiger partial charge in [-0.1, -0.05) is 46.3 Å². The summed E-state index contributed by atoms with van der Waals surface area (Å²) < 4.78 is 0.948. The highest BCUT2D eigenvalue weighted by Crippen LogP contribution is 2.51. The van der Waals surface area contributed by atoms with E-state index in [2.05, 4.69) is 44.8 Å². The lowest BCUT2D eigenvalue weighted by molar-refractivity contribution is 0.102. The zero-order valence-electron chi connectivity index (χ0n) is 16.2. The summed E-state index contributed by atoms with van der Waals surface area (Å²) in [6.45, 7) is 0. The molecule has 1 amide bonds. The molecule has 3 aromatic rings. The maximum absolute atomic E-state index is 12.5. The largest absolute Gasteiger partial charge is 0.508 e. The highest BCUT2D eigenvalue weighted by atomic mass is 79.9. The molecular formula is C25H21BrN2O2. The van der Waals surface area contributed by atoms with Crippen LogP contribution in [0.3, 0.4) is 0 Å². The normalized spacial score (nSPS) is 21.4. The van der Waals surface area contributed by atoms with Crippen molar-refractivity contribution in [2.24, 2.45) is 5.92 Å². The van der Waals surface area contributed by atoms with Gasteiger partial charge in [-0.3, -0.25) is 4.79 Å². The molecule has 1 heterocycles. The van der Waals surface area contributed by atoms with E-state index >= 15 is 0 Å². The lowest BCUT2D eigenvalue weighted by Gasteiger charge is -2.38. The quantitative estimate of drug-likeness (QED) is 0.405. The van der Waals surface area contributed by atoms with Crippen molar-refractivity contribution in [3.05, 3.63) is 100 Å². The number of phenolic OH excluding ortho intramolecular Hbond substituents is 1. The molecule has 0 radical (unpaired) electrons. The smallest absolute Gasteiger partial charge is 0.255 e. The SMILES string of the molecule is O=C(Nc1ccc2c(c1)C1C=CCC1C(c1cc(Br)ccc1O)N2)c1ccccc1. The number of fused-ring (bicyclic) bond motifs is 3. The van der Waals surface area contributed by atoms with Crippen LogP contribution >= 0.6 is 15.9 Å². The number of nitrogens with one attached hydrogen (secondary N) is 2. The molecule has 0 saturated carbocycles. The third-order valence-electron chi connectivity index (χ3n) is 5.98. The van der Waals surface area contributed by atoms with Gasteiger partial charge in [0, 0.05) is 32.9 Å². The summed E-state index contributed by atoms with van der Waals surface area (Å²) in [5.41, 5.74) is 4.52. The summed E-state index contributed by atoms with van der Waals surface area (Å²) >= 11 is 3.52. The number of anilines is 2. The molecule has 0 spiro atoms. The summed E-state index contributed by atoms with van der Waals surface area (Å²) in [6, 6.07) is 20.8. The Morgan fingerprint density at radius 3 is 2.70 bits per heavy atom. The number of aromatic hydroxyl groups is 1. The van der Waals surface area contributed by atoms with Gasteiger partial charge in [-0.15, -0.1) is 0 Å². The summed E-state index contributed by atoms with van der Waals surface area (Å²) in [5.74, 6) is 0.724. The zero-order chi connectivity index (χ0) is 20.7. The minimum absolute atomic E-state index is 0.0137. The number of carbonyl (C=O) groups excluding carboxylic acids is 1. The first-order chi connectivity index (χ1) is 14.6. The lowest BCUT2D eigenvalue weighted by atomic mass is 9.76. The molecule has 0 aromatic heterocycles. The molecule has 3 atom stereocenters. The van der Waals surface area contributed by atoms with E-state index in [-0.39, 0.29) is 17.9 Å². The van der Waals surface area contributed by atoms with Crippen molar-refractivity contribution in [1.29, 1.82) is 0 Å². The third-order valence-corrected chi connectivity index (χ3v) is 6.47. The minimum Gasteiger partial charge on any atom is -0.508 e.